The van der Waals surface area contributed by atoms with Crippen molar-refractivity contribution in [2.24, 2.45) is 0 Å². The Hall–Kier alpha value is -2.04. The van der Waals surface area contributed by atoms with Crippen molar-refractivity contribution in [3.05, 3.63) is 36.7 Å². The van der Waals surface area contributed by atoms with Crippen LogP contribution in [0, 0.1) is 5.82 Å². The molecule has 2 N–H and O–H groups in total. The first-order valence-corrected chi connectivity index (χ1v) is 3.94. The molecule has 0 spiro atoms. The Morgan fingerprint density at radius 2 is 1.79 bits per heavy atom. The second-order valence-electron chi connectivity index (χ2n) is 2.73. The fourth-order valence-electron chi connectivity index (χ4n) is 1.02. The summed E-state index contributed by atoms with van der Waals surface area (Å²) < 4.78 is 12.8. The lowest BCUT2D eigenvalue weighted by Crippen LogP contribution is -1.93. The molecule has 0 aromatic carbocycles. The lowest BCUT2D eigenvalue weighted by molar-refractivity contribution is 0.622. The molecule has 0 unspecified atom stereocenters. The molecule has 0 aliphatic heterocycles. The molecule has 4 nitrogen and oxygen atoms in total. The monoisotopic (exact) mass is 190 g/mol. The van der Waals surface area contributed by atoms with Crippen molar-refractivity contribution in [2.75, 3.05) is 5.73 Å². The van der Waals surface area contributed by atoms with Crippen LogP contribution in [-0.4, -0.2) is 15.0 Å². The minimum atomic E-state index is -0.414. The van der Waals surface area contributed by atoms with Crippen LogP contribution in [0.1, 0.15) is 0 Å². The number of rotatable bonds is 1. The van der Waals surface area contributed by atoms with Crippen LogP contribution in [-0.2, 0) is 0 Å². The first-order valence-electron chi connectivity index (χ1n) is 3.94. The van der Waals surface area contributed by atoms with E-state index in [2.05, 4.69) is 15.0 Å². The highest BCUT2D eigenvalue weighted by molar-refractivity contribution is 5.53. The summed E-state index contributed by atoms with van der Waals surface area (Å²) in [5, 5.41) is 0. The minimum Gasteiger partial charge on any atom is -0.396 e. The summed E-state index contributed by atoms with van der Waals surface area (Å²) in [7, 11) is 0. The fourth-order valence-corrected chi connectivity index (χ4v) is 1.02. The van der Waals surface area contributed by atoms with Gasteiger partial charge in [-0.25, -0.2) is 14.4 Å². The molecule has 5 heteroatoms. The Labute approximate surface area is 79.7 Å². The van der Waals surface area contributed by atoms with E-state index in [1.54, 1.807) is 0 Å². The maximum Gasteiger partial charge on any atom is 0.160 e. The Morgan fingerprint density at radius 1 is 1.07 bits per heavy atom. The van der Waals surface area contributed by atoms with Crippen molar-refractivity contribution >= 4 is 5.69 Å². The highest BCUT2D eigenvalue weighted by atomic mass is 19.1. The summed E-state index contributed by atoms with van der Waals surface area (Å²) in [4.78, 5) is 11.6. The van der Waals surface area contributed by atoms with Gasteiger partial charge in [-0.2, -0.15) is 0 Å². The number of aromatic nitrogens is 3. The molecular weight excluding hydrogens is 183 g/mol. The zero-order valence-electron chi connectivity index (χ0n) is 7.18. The van der Waals surface area contributed by atoms with Crippen LogP contribution in [0.25, 0.3) is 11.4 Å². The number of hydrogen-bond acceptors (Lipinski definition) is 4. The summed E-state index contributed by atoms with van der Waals surface area (Å²) in [6.07, 6.45) is 5.55. The first-order chi connectivity index (χ1) is 6.75. The molecule has 2 aromatic heterocycles. The van der Waals surface area contributed by atoms with Gasteiger partial charge in [-0.05, 0) is 6.07 Å². The average molecular weight is 190 g/mol. The summed E-state index contributed by atoms with van der Waals surface area (Å²) in [5.74, 6) is -0.00544. The third kappa shape index (κ3) is 1.66. The third-order valence-corrected chi connectivity index (χ3v) is 1.63. The first kappa shape index (κ1) is 8.55. The number of halogens is 1. The molecule has 2 heterocycles. The Kier molecular flexibility index (Phi) is 2.06. The van der Waals surface area contributed by atoms with E-state index in [1.807, 2.05) is 0 Å². The van der Waals surface area contributed by atoms with Gasteiger partial charge in [0.05, 0.1) is 24.3 Å². The third-order valence-electron chi connectivity index (χ3n) is 1.63. The van der Waals surface area contributed by atoms with Crippen LogP contribution < -0.4 is 5.73 Å². The number of nitrogens with two attached hydrogens (primary N) is 1. The lowest BCUT2D eigenvalue weighted by atomic mass is 10.2. The molecule has 2 aromatic rings. The van der Waals surface area contributed by atoms with Gasteiger partial charge in [-0.1, -0.05) is 0 Å². The van der Waals surface area contributed by atoms with Gasteiger partial charge in [0, 0.05) is 11.8 Å². The maximum absolute atomic E-state index is 12.8. The predicted molar refractivity (Wildman–Crippen MR) is 49.6 cm³/mol. The van der Waals surface area contributed by atoms with Gasteiger partial charge in [-0.15, -0.1) is 0 Å². The topological polar surface area (TPSA) is 64.7 Å². The van der Waals surface area contributed by atoms with E-state index < -0.39 is 5.82 Å². The molecule has 0 saturated heterocycles. The fraction of sp³-hybridized carbons (Fsp3) is 0. The maximum atomic E-state index is 12.8. The summed E-state index contributed by atoms with van der Waals surface area (Å²) in [5.41, 5.74) is 6.42. The molecule has 0 bridgehead atoms. The molecule has 2 rings (SSSR count). The van der Waals surface area contributed by atoms with Gasteiger partial charge in [0.1, 0.15) is 5.82 Å². The van der Waals surface area contributed by atoms with Crippen molar-refractivity contribution < 1.29 is 4.39 Å². The van der Waals surface area contributed by atoms with Crippen molar-refractivity contribution in [3.63, 3.8) is 0 Å². The standard InChI is InChI=1S/C9H7FN4/c10-7-1-6(2-12-3-7)9-13-4-8(11)5-14-9/h1-5H,11H2. The van der Waals surface area contributed by atoms with Gasteiger partial charge in [0.25, 0.3) is 0 Å². The molecule has 0 aliphatic carbocycles. The zero-order chi connectivity index (χ0) is 9.97. The van der Waals surface area contributed by atoms with E-state index in [1.165, 1.54) is 24.7 Å². The normalized spacial score (nSPS) is 10.1. The largest absolute Gasteiger partial charge is 0.396 e. The molecule has 0 aliphatic rings. The Balaban J connectivity index is 2.44. The summed E-state index contributed by atoms with van der Waals surface area (Å²) >= 11 is 0. The molecule has 0 atom stereocenters. The molecule has 70 valence electrons. The van der Waals surface area contributed by atoms with Crippen LogP contribution in [0.2, 0.25) is 0 Å². The highest BCUT2D eigenvalue weighted by Crippen LogP contribution is 2.13. The Morgan fingerprint density at radius 3 is 2.43 bits per heavy atom. The SMILES string of the molecule is Nc1cnc(-c2cncc(F)c2)nc1. The van der Waals surface area contributed by atoms with E-state index in [4.69, 9.17) is 5.73 Å². The summed E-state index contributed by atoms with van der Waals surface area (Å²) in [6, 6.07) is 1.32. The van der Waals surface area contributed by atoms with Crippen molar-refractivity contribution in [3.8, 4) is 11.4 Å². The lowest BCUT2D eigenvalue weighted by Gasteiger charge is -1.98. The van der Waals surface area contributed by atoms with Gasteiger partial charge in [0.15, 0.2) is 5.82 Å². The molecular formula is C9H7FN4. The van der Waals surface area contributed by atoms with Gasteiger partial charge >= 0.3 is 0 Å². The van der Waals surface area contributed by atoms with Crippen LogP contribution in [0.5, 0.6) is 0 Å². The molecule has 0 saturated carbocycles. The zero-order valence-corrected chi connectivity index (χ0v) is 7.18. The van der Waals surface area contributed by atoms with Crippen LogP contribution in [0.15, 0.2) is 30.9 Å². The van der Waals surface area contributed by atoms with Crippen LogP contribution in [0.3, 0.4) is 0 Å². The van der Waals surface area contributed by atoms with Crippen LogP contribution in [0.4, 0.5) is 10.1 Å². The van der Waals surface area contributed by atoms with E-state index in [9.17, 15) is 4.39 Å². The molecule has 0 fully saturated rings. The number of nitrogen functional groups attached to an aromatic ring is 1. The summed E-state index contributed by atoms with van der Waals surface area (Å²) in [6.45, 7) is 0. The number of anilines is 1. The van der Waals surface area contributed by atoms with Crippen molar-refractivity contribution in [1.82, 2.24) is 15.0 Å². The molecule has 0 amide bonds. The van der Waals surface area contributed by atoms with Gasteiger partial charge < -0.3 is 5.73 Å². The van der Waals surface area contributed by atoms with E-state index >= 15 is 0 Å². The van der Waals surface area contributed by atoms with Crippen molar-refractivity contribution in [1.29, 1.82) is 0 Å². The van der Waals surface area contributed by atoms with Crippen LogP contribution >= 0.6 is 0 Å². The minimum absolute atomic E-state index is 0.409. The second-order valence-corrected chi connectivity index (χ2v) is 2.73. The average Bonchev–Trinajstić information content (AvgIpc) is 2.19. The second kappa shape index (κ2) is 3.37. The molecule has 14 heavy (non-hydrogen) atoms. The predicted octanol–water partition coefficient (Wildman–Crippen LogP) is 1.26. The Bertz CT molecular complexity index is 441. The van der Waals surface area contributed by atoms with Crippen molar-refractivity contribution in [2.45, 2.75) is 0 Å². The van der Waals surface area contributed by atoms with Gasteiger partial charge in [-0.3, -0.25) is 4.98 Å². The number of pyridine rings is 1. The number of hydrogen-bond donors (Lipinski definition) is 1. The smallest absolute Gasteiger partial charge is 0.160 e. The number of nitrogens with zero attached hydrogens (tertiary/aromatic N) is 3. The molecule has 0 radical (unpaired) electrons. The highest BCUT2D eigenvalue weighted by Gasteiger charge is 2.01. The van der Waals surface area contributed by atoms with Gasteiger partial charge in [0.2, 0.25) is 0 Å². The van der Waals surface area contributed by atoms with E-state index in [-0.39, 0.29) is 0 Å². The quantitative estimate of drug-likeness (QED) is 0.735. The van der Waals surface area contributed by atoms with E-state index in [0.29, 0.717) is 17.1 Å². The van der Waals surface area contributed by atoms with E-state index in [0.717, 1.165) is 6.20 Å².